The average molecular weight is 282 g/mol. The number of nitrogen functional groups attached to an aromatic ring is 1. The molecule has 0 spiro atoms. The Labute approximate surface area is 126 Å². The lowest BCUT2D eigenvalue weighted by Crippen LogP contribution is -2.33. The van der Waals surface area contributed by atoms with E-state index in [0.717, 1.165) is 18.4 Å². The van der Waals surface area contributed by atoms with Gasteiger partial charge in [0, 0.05) is 17.3 Å². The number of carbonyl (C=O) groups is 1. The van der Waals surface area contributed by atoms with Crippen LogP contribution in [0.3, 0.4) is 0 Å². The van der Waals surface area contributed by atoms with Crippen LogP contribution in [0.5, 0.6) is 0 Å². The summed E-state index contributed by atoms with van der Waals surface area (Å²) in [7, 11) is 0. The number of nitrogens with two attached hydrogens (primary N) is 1. The summed E-state index contributed by atoms with van der Waals surface area (Å²) in [6.07, 6.45) is 1.87. The zero-order chi connectivity index (χ0) is 15.2. The van der Waals surface area contributed by atoms with Crippen LogP contribution in [0.25, 0.3) is 0 Å². The number of nitrogens with one attached hydrogen (secondary N) is 1. The van der Waals surface area contributed by atoms with Gasteiger partial charge in [-0.2, -0.15) is 0 Å². The normalized spacial score (nSPS) is 11.9. The van der Waals surface area contributed by atoms with E-state index in [1.807, 2.05) is 44.2 Å². The van der Waals surface area contributed by atoms with E-state index in [1.165, 1.54) is 5.56 Å². The van der Waals surface area contributed by atoms with Gasteiger partial charge in [0.05, 0.1) is 0 Å². The molecule has 1 unspecified atom stereocenters. The molecule has 0 aliphatic carbocycles. The molecule has 110 valence electrons. The van der Waals surface area contributed by atoms with E-state index < -0.39 is 0 Å². The van der Waals surface area contributed by atoms with Gasteiger partial charge in [-0.15, -0.1) is 0 Å². The smallest absolute Gasteiger partial charge is 0.251 e. The van der Waals surface area contributed by atoms with E-state index in [2.05, 4.69) is 17.4 Å². The van der Waals surface area contributed by atoms with Crippen molar-refractivity contribution in [1.82, 2.24) is 5.32 Å². The Hall–Kier alpha value is -2.29. The minimum Gasteiger partial charge on any atom is -0.399 e. The highest BCUT2D eigenvalue weighted by Crippen LogP contribution is 2.12. The van der Waals surface area contributed by atoms with Crippen molar-refractivity contribution in [3.05, 3.63) is 65.2 Å². The van der Waals surface area contributed by atoms with E-state index in [9.17, 15) is 4.79 Å². The minimum atomic E-state index is -0.0639. The van der Waals surface area contributed by atoms with Crippen molar-refractivity contribution < 1.29 is 4.79 Å². The molecule has 3 N–H and O–H groups in total. The lowest BCUT2D eigenvalue weighted by Gasteiger charge is -2.14. The second-order valence-electron chi connectivity index (χ2n) is 5.53. The highest BCUT2D eigenvalue weighted by atomic mass is 16.1. The number of amides is 1. The molecule has 1 amide bonds. The second-order valence-corrected chi connectivity index (χ2v) is 5.53. The van der Waals surface area contributed by atoms with Crippen molar-refractivity contribution in [1.29, 1.82) is 0 Å². The third kappa shape index (κ3) is 4.63. The Morgan fingerprint density at radius 2 is 1.90 bits per heavy atom. The van der Waals surface area contributed by atoms with Crippen molar-refractivity contribution in [2.75, 3.05) is 5.73 Å². The van der Waals surface area contributed by atoms with Gasteiger partial charge in [0.15, 0.2) is 0 Å². The van der Waals surface area contributed by atoms with Crippen LogP contribution in [0, 0.1) is 6.92 Å². The highest BCUT2D eigenvalue weighted by molar-refractivity contribution is 5.95. The van der Waals surface area contributed by atoms with Crippen LogP contribution in [0.4, 0.5) is 5.69 Å². The van der Waals surface area contributed by atoms with Crippen molar-refractivity contribution in [3.63, 3.8) is 0 Å². The van der Waals surface area contributed by atoms with Crippen molar-refractivity contribution in [2.45, 2.75) is 32.7 Å². The molecule has 0 fully saturated rings. The first kappa shape index (κ1) is 15.1. The topological polar surface area (TPSA) is 55.1 Å². The van der Waals surface area contributed by atoms with Gasteiger partial charge in [0.2, 0.25) is 0 Å². The standard InChI is InChI=1S/C18H22N2O/c1-13-10-16(12-17(19)11-13)18(21)20-14(2)8-9-15-6-4-3-5-7-15/h3-7,10-12,14H,8-9,19H2,1-2H3,(H,20,21). The Morgan fingerprint density at radius 3 is 2.57 bits per heavy atom. The van der Waals surface area contributed by atoms with Gasteiger partial charge in [-0.25, -0.2) is 0 Å². The Bertz CT molecular complexity index is 588. The number of aryl methyl sites for hydroxylation is 2. The van der Waals surface area contributed by atoms with Crippen LogP contribution < -0.4 is 11.1 Å². The Balaban J connectivity index is 1.90. The second kappa shape index (κ2) is 6.93. The molecule has 1 atom stereocenters. The largest absolute Gasteiger partial charge is 0.399 e. The number of carbonyl (C=O) groups excluding carboxylic acids is 1. The highest BCUT2D eigenvalue weighted by Gasteiger charge is 2.10. The number of hydrogen-bond donors (Lipinski definition) is 2. The van der Waals surface area contributed by atoms with Crippen LogP contribution in [0.15, 0.2) is 48.5 Å². The van der Waals surface area contributed by atoms with Gasteiger partial charge in [-0.1, -0.05) is 30.3 Å². The maximum Gasteiger partial charge on any atom is 0.251 e. The number of hydrogen-bond acceptors (Lipinski definition) is 2. The molecular weight excluding hydrogens is 260 g/mol. The number of benzene rings is 2. The minimum absolute atomic E-state index is 0.0639. The Morgan fingerprint density at radius 1 is 1.19 bits per heavy atom. The quantitative estimate of drug-likeness (QED) is 0.826. The molecule has 21 heavy (non-hydrogen) atoms. The summed E-state index contributed by atoms with van der Waals surface area (Å²) >= 11 is 0. The summed E-state index contributed by atoms with van der Waals surface area (Å²) in [6, 6.07) is 15.8. The third-order valence-electron chi connectivity index (χ3n) is 3.45. The monoisotopic (exact) mass is 282 g/mol. The maximum absolute atomic E-state index is 12.2. The summed E-state index contributed by atoms with van der Waals surface area (Å²) in [5.41, 5.74) is 9.32. The van der Waals surface area contributed by atoms with Gasteiger partial charge >= 0.3 is 0 Å². The molecule has 0 bridgehead atoms. The SMILES string of the molecule is Cc1cc(N)cc(C(=O)NC(C)CCc2ccccc2)c1. The molecule has 0 aromatic heterocycles. The van der Waals surface area contributed by atoms with Crippen LogP contribution >= 0.6 is 0 Å². The fourth-order valence-corrected chi connectivity index (χ4v) is 2.35. The summed E-state index contributed by atoms with van der Waals surface area (Å²) in [6.45, 7) is 3.96. The molecule has 0 aliphatic heterocycles. The molecule has 0 saturated carbocycles. The van der Waals surface area contributed by atoms with Gasteiger partial charge in [-0.3, -0.25) is 4.79 Å². The van der Waals surface area contributed by atoms with E-state index in [-0.39, 0.29) is 11.9 Å². The van der Waals surface area contributed by atoms with Crippen molar-refractivity contribution >= 4 is 11.6 Å². The molecular formula is C18H22N2O. The average Bonchev–Trinajstić information content (AvgIpc) is 2.45. The van der Waals surface area contributed by atoms with E-state index in [4.69, 9.17) is 5.73 Å². The van der Waals surface area contributed by atoms with Crippen LogP contribution in [-0.2, 0) is 6.42 Å². The fraction of sp³-hybridized carbons (Fsp3) is 0.278. The van der Waals surface area contributed by atoms with Crippen LogP contribution in [-0.4, -0.2) is 11.9 Å². The van der Waals surface area contributed by atoms with E-state index >= 15 is 0 Å². The fourth-order valence-electron chi connectivity index (χ4n) is 2.35. The van der Waals surface area contributed by atoms with Gasteiger partial charge in [0.1, 0.15) is 0 Å². The first-order valence-corrected chi connectivity index (χ1v) is 7.26. The maximum atomic E-state index is 12.2. The predicted octanol–water partition coefficient (Wildman–Crippen LogP) is 3.33. The summed E-state index contributed by atoms with van der Waals surface area (Å²) in [4.78, 5) is 12.2. The summed E-state index contributed by atoms with van der Waals surface area (Å²) in [5.74, 6) is -0.0639. The molecule has 2 rings (SSSR count). The lowest BCUT2D eigenvalue weighted by atomic mass is 10.1. The van der Waals surface area contributed by atoms with Crippen LogP contribution in [0.1, 0.15) is 34.8 Å². The molecule has 2 aromatic carbocycles. The van der Waals surface area contributed by atoms with E-state index in [0.29, 0.717) is 11.3 Å². The van der Waals surface area contributed by atoms with Gasteiger partial charge in [-0.05, 0) is 56.0 Å². The summed E-state index contributed by atoms with van der Waals surface area (Å²) < 4.78 is 0. The molecule has 0 aliphatic rings. The molecule has 0 heterocycles. The molecule has 2 aromatic rings. The zero-order valence-corrected chi connectivity index (χ0v) is 12.6. The van der Waals surface area contributed by atoms with Gasteiger partial charge < -0.3 is 11.1 Å². The molecule has 3 nitrogen and oxygen atoms in total. The Kier molecular flexibility index (Phi) is 4.99. The number of rotatable bonds is 5. The van der Waals surface area contributed by atoms with Crippen molar-refractivity contribution in [3.8, 4) is 0 Å². The molecule has 3 heteroatoms. The van der Waals surface area contributed by atoms with E-state index in [1.54, 1.807) is 6.07 Å². The lowest BCUT2D eigenvalue weighted by molar-refractivity contribution is 0.0938. The number of anilines is 1. The zero-order valence-electron chi connectivity index (χ0n) is 12.6. The molecule has 0 saturated heterocycles. The van der Waals surface area contributed by atoms with Crippen molar-refractivity contribution in [2.24, 2.45) is 0 Å². The van der Waals surface area contributed by atoms with Gasteiger partial charge in [0.25, 0.3) is 5.91 Å². The predicted molar refractivity (Wildman–Crippen MR) is 87.3 cm³/mol. The molecule has 0 radical (unpaired) electrons. The van der Waals surface area contributed by atoms with Crippen LogP contribution in [0.2, 0.25) is 0 Å². The summed E-state index contributed by atoms with van der Waals surface area (Å²) in [5, 5.41) is 3.03. The first-order valence-electron chi connectivity index (χ1n) is 7.26. The first-order chi connectivity index (χ1) is 10.0. The third-order valence-corrected chi connectivity index (χ3v) is 3.45.